The Morgan fingerprint density at radius 1 is 1.56 bits per heavy atom. The van der Waals surface area contributed by atoms with Gasteiger partial charge in [-0.05, 0) is 20.8 Å². The van der Waals surface area contributed by atoms with Gasteiger partial charge >= 0.3 is 6.09 Å². The van der Waals surface area contributed by atoms with Crippen LogP contribution in [0, 0.1) is 17.2 Å². The highest BCUT2D eigenvalue weighted by Gasteiger charge is 2.36. The van der Waals surface area contributed by atoms with Gasteiger partial charge in [-0.25, -0.2) is 9.18 Å². The average molecular weight is 228 g/mol. The minimum atomic E-state index is -1.12. The van der Waals surface area contributed by atoms with E-state index < -0.39 is 17.9 Å². The van der Waals surface area contributed by atoms with Gasteiger partial charge in [0.25, 0.3) is 0 Å². The topological polar surface area (TPSA) is 53.3 Å². The maximum Gasteiger partial charge on any atom is 0.410 e. The number of likely N-dealkylation sites (tertiary alicyclic amines) is 1. The van der Waals surface area contributed by atoms with Crippen LogP contribution in [0.1, 0.15) is 27.2 Å². The van der Waals surface area contributed by atoms with E-state index in [1.165, 1.54) is 4.90 Å². The molecule has 1 amide bonds. The first kappa shape index (κ1) is 12.8. The van der Waals surface area contributed by atoms with Crippen LogP contribution >= 0.6 is 0 Å². The van der Waals surface area contributed by atoms with Crippen LogP contribution in [0.5, 0.6) is 0 Å². The summed E-state index contributed by atoms with van der Waals surface area (Å²) in [5.41, 5.74) is -0.573. The number of ether oxygens (including phenoxy) is 1. The van der Waals surface area contributed by atoms with Crippen molar-refractivity contribution in [1.82, 2.24) is 4.90 Å². The summed E-state index contributed by atoms with van der Waals surface area (Å²) < 4.78 is 18.6. The Hall–Kier alpha value is -1.31. The lowest BCUT2D eigenvalue weighted by molar-refractivity contribution is 0.0281. The number of carbonyl (C=O) groups is 1. The molecular formula is C11H17FN2O2. The molecule has 0 N–H and O–H groups in total. The predicted molar refractivity (Wildman–Crippen MR) is 56.4 cm³/mol. The average Bonchev–Trinajstić information content (AvgIpc) is 2.46. The molecule has 0 spiro atoms. The van der Waals surface area contributed by atoms with Crippen LogP contribution in [0.4, 0.5) is 9.18 Å². The third kappa shape index (κ3) is 3.37. The second kappa shape index (κ2) is 4.69. The van der Waals surface area contributed by atoms with Crippen LogP contribution in [-0.2, 0) is 4.74 Å². The van der Waals surface area contributed by atoms with Gasteiger partial charge in [-0.15, -0.1) is 0 Å². The van der Waals surface area contributed by atoms with Crippen molar-refractivity contribution >= 4 is 6.09 Å². The maximum absolute atomic E-state index is 13.4. The molecule has 5 heteroatoms. The van der Waals surface area contributed by atoms with E-state index >= 15 is 0 Å². The minimum absolute atomic E-state index is 0.0290. The monoisotopic (exact) mass is 228 g/mol. The summed E-state index contributed by atoms with van der Waals surface area (Å²) in [7, 11) is 0. The molecular weight excluding hydrogens is 211 g/mol. The summed E-state index contributed by atoms with van der Waals surface area (Å²) in [4.78, 5) is 12.9. The molecule has 1 saturated heterocycles. The number of amides is 1. The SMILES string of the molecule is CC(C)(C)OC(=O)N1C[C@@H](CC#N)[C@H](F)C1. The third-order valence-electron chi connectivity index (χ3n) is 2.37. The molecule has 0 aromatic carbocycles. The van der Waals surface area contributed by atoms with Crippen LogP contribution in [-0.4, -0.2) is 35.9 Å². The third-order valence-corrected chi connectivity index (χ3v) is 2.37. The van der Waals surface area contributed by atoms with Crippen molar-refractivity contribution in [2.75, 3.05) is 13.1 Å². The summed E-state index contributed by atoms with van der Waals surface area (Å²) in [5.74, 6) is -0.377. The van der Waals surface area contributed by atoms with Gasteiger partial charge in [0.2, 0.25) is 0 Å². The van der Waals surface area contributed by atoms with Crippen molar-refractivity contribution in [3.63, 3.8) is 0 Å². The van der Waals surface area contributed by atoms with E-state index in [1.54, 1.807) is 20.8 Å². The highest BCUT2D eigenvalue weighted by Crippen LogP contribution is 2.24. The lowest BCUT2D eigenvalue weighted by Crippen LogP contribution is -2.35. The van der Waals surface area contributed by atoms with Crippen molar-refractivity contribution in [2.45, 2.75) is 39.0 Å². The van der Waals surface area contributed by atoms with Gasteiger partial charge in [0, 0.05) is 18.9 Å². The Balaban J connectivity index is 2.52. The van der Waals surface area contributed by atoms with E-state index in [9.17, 15) is 9.18 Å². The number of nitriles is 1. The fourth-order valence-corrected chi connectivity index (χ4v) is 1.62. The van der Waals surface area contributed by atoms with Gasteiger partial charge in [0.1, 0.15) is 11.8 Å². The second-order valence-electron chi connectivity index (χ2n) is 5.02. The molecule has 0 aromatic heterocycles. The van der Waals surface area contributed by atoms with Crippen molar-refractivity contribution in [3.8, 4) is 6.07 Å². The van der Waals surface area contributed by atoms with Crippen LogP contribution < -0.4 is 0 Å². The summed E-state index contributed by atoms with van der Waals surface area (Å²) in [6, 6.07) is 1.93. The molecule has 0 unspecified atom stereocenters. The lowest BCUT2D eigenvalue weighted by Gasteiger charge is -2.24. The Labute approximate surface area is 95.0 Å². The first-order valence-corrected chi connectivity index (χ1v) is 5.32. The molecule has 1 aliphatic heterocycles. The van der Waals surface area contributed by atoms with Gasteiger partial charge in [0.15, 0.2) is 0 Å². The zero-order chi connectivity index (χ0) is 12.3. The van der Waals surface area contributed by atoms with E-state index in [-0.39, 0.29) is 25.4 Å². The van der Waals surface area contributed by atoms with Crippen LogP contribution in [0.2, 0.25) is 0 Å². The van der Waals surface area contributed by atoms with Crippen LogP contribution in [0.3, 0.4) is 0 Å². The standard InChI is InChI=1S/C11H17FN2O2/c1-11(2,3)16-10(15)14-6-8(4-5-13)9(12)7-14/h8-9H,4,6-7H2,1-3H3/t8-,9-/m1/s1. The van der Waals surface area contributed by atoms with E-state index in [1.807, 2.05) is 6.07 Å². The predicted octanol–water partition coefficient (Wildman–Crippen LogP) is 2.11. The number of carbonyl (C=O) groups excluding carboxylic acids is 1. The summed E-state index contributed by atoms with van der Waals surface area (Å²) in [6.07, 6.45) is -1.48. The van der Waals surface area contributed by atoms with Crippen molar-refractivity contribution in [3.05, 3.63) is 0 Å². The zero-order valence-electron chi connectivity index (χ0n) is 9.86. The molecule has 0 radical (unpaired) electrons. The fourth-order valence-electron chi connectivity index (χ4n) is 1.62. The lowest BCUT2D eigenvalue weighted by atomic mass is 10.0. The molecule has 0 aliphatic carbocycles. The van der Waals surface area contributed by atoms with Gasteiger partial charge < -0.3 is 9.64 Å². The Bertz CT molecular complexity index is 306. The quantitative estimate of drug-likeness (QED) is 0.690. The minimum Gasteiger partial charge on any atom is -0.444 e. The Morgan fingerprint density at radius 3 is 2.69 bits per heavy atom. The molecule has 4 nitrogen and oxygen atoms in total. The first-order valence-electron chi connectivity index (χ1n) is 5.32. The molecule has 2 atom stereocenters. The maximum atomic E-state index is 13.4. The van der Waals surface area contributed by atoms with Gasteiger partial charge in [-0.3, -0.25) is 0 Å². The Kier molecular flexibility index (Phi) is 3.74. The van der Waals surface area contributed by atoms with Gasteiger partial charge in [0.05, 0.1) is 12.6 Å². The van der Waals surface area contributed by atoms with E-state index in [0.29, 0.717) is 0 Å². The highest BCUT2D eigenvalue weighted by molar-refractivity contribution is 5.68. The van der Waals surface area contributed by atoms with Crippen LogP contribution in [0.25, 0.3) is 0 Å². The molecule has 1 aliphatic rings. The van der Waals surface area contributed by atoms with Gasteiger partial charge in [-0.2, -0.15) is 5.26 Å². The molecule has 1 heterocycles. The van der Waals surface area contributed by atoms with Crippen molar-refractivity contribution < 1.29 is 13.9 Å². The summed E-state index contributed by atoms with van der Waals surface area (Å²) in [5, 5.41) is 8.50. The van der Waals surface area contributed by atoms with Crippen molar-refractivity contribution in [1.29, 1.82) is 5.26 Å². The summed E-state index contributed by atoms with van der Waals surface area (Å²) in [6.45, 7) is 5.59. The van der Waals surface area contributed by atoms with E-state index in [2.05, 4.69) is 0 Å². The molecule has 0 saturated carbocycles. The van der Waals surface area contributed by atoms with Gasteiger partial charge in [-0.1, -0.05) is 0 Å². The summed E-state index contributed by atoms with van der Waals surface area (Å²) >= 11 is 0. The normalized spacial score (nSPS) is 25.3. The van der Waals surface area contributed by atoms with Crippen LogP contribution in [0.15, 0.2) is 0 Å². The Morgan fingerprint density at radius 2 is 2.19 bits per heavy atom. The number of alkyl halides is 1. The molecule has 0 bridgehead atoms. The second-order valence-corrected chi connectivity index (χ2v) is 5.02. The first-order chi connectivity index (χ1) is 7.33. The number of hydrogen-bond acceptors (Lipinski definition) is 3. The zero-order valence-corrected chi connectivity index (χ0v) is 9.86. The highest BCUT2D eigenvalue weighted by atomic mass is 19.1. The largest absolute Gasteiger partial charge is 0.444 e. The number of nitrogens with zero attached hydrogens (tertiary/aromatic N) is 2. The molecule has 1 rings (SSSR count). The van der Waals surface area contributed by atoms with E-state index in [4.69, 9.17) is 10.00 Å². The number of halogens is 1. The van der Waals surface area contributed by atoms with E-state index in [0.717, 1.165) is 0 Å². The number of hydrogen-bond donors (Lipinski definition) is 0. The molecule has 0 aromatic rings. The fraction of sp³-hybridized carbons (Fsp3) is 0.818. The van der Waals surface area contributed by atoms with Crippen molar-refractivity contribution in [2.24, 2.45) is 5.92 Å². The smallest absolute Gasteiger partial charge is 0.410 e. The molecule has 90 valence electrons. The number of rotatable bonds is 1. The molecule has 16 heavy (non-hydrogen) atoms. The molecule has 1 fully saturated rings.